The third-order valence-electron chi connectivity index (χ3n) is 3.24. The molecule has 2 N–H and O–H groups in total. The van der Waals surface area contributed by atoms with E-state index in [0.717, 1.165) is 25.1 Å². The molecule has 0 spiro atoms. The molecule has 4 nitrogen and oxygen atoms in total. The molecule has 0 aliphatic heterocycles. The molecule has 22 heavy (non-hydrogen) atoms. The van der Waals surface area contributed by atoms with Crippen molar-refractivity contribution in [2.24, 2.45) is 0 Å². The fraction of sp³-hybridized carbons (Fsp3) is 0.462. The lowest BCUT2D eigenvalue weighted by Crippen LogP contribution is -2.41. The standard InChI is InChI=1S/C13H16F3N3OS2/c1-8(9-3-6-11(17-7-9)13(14,15)16)22(2,20)19-12(21)18-10-4-5-10/h3,6-7,10H,4-5H2,1-2H3,(H2,18,19,20,21). The normalized spacial score (nSPS) is 17.5. The Hall–Kier alpha value is -1.35. The van der Waals surface area contributed by atoms with Crippen LogP contribution in [-0.4, -0.2) is 31.5 Å². The molecule has 0 aromatic carbocycles. The van der Waals surface area contributed by atoms with Crippen molar-refractivity contribution >= 4 is 31.9 Å². The van der Waals surface area contributed by atoms with Gasteiger partial charge in [-0.2, -0.15) is 13.2 Å². The molecule has 1 aliphatic rings. The van der Waals surface area contributed by atoms with Crippen LogP contribution in [0.15, 0.2) is 18.3 Å². The number of nitrogens with zero attached hydrogens (tertiary/aromatic N) is 1. The van der Waals surface area contributed by atoms with Crippen LogP contribution in [0.4, 0.5) is 13.2 Å². The zero-order chi connectivity index (χ0) is 16.5. The molecule has 0 bridgehead atoms. The van der Waals surface area contributed by atoms with E-state index in [1.165, 1.54) is 12.3 Å². The molecule has 9 heteroatoms. The van der Waals surface area contributed by atoms with Crippen LogP contribution < -0.4 is 10.0 Å². The summed E-state index contributed by atoms with van der Waals surface area (Å²) in [6.45, 7) is 1.58. The van der Waals surface area contributed by atoms with Gasteiger partial charge in [0.1, 0.15) is 5.69 Å². The van der Waals surface area contributed by atoms with E-state index in [-0.39, 0.29) is 5.11 Å². The molecule has 122 valence electrons. The molecule has 1 saturated carbocycles. The van der Waals surface area contributed by atoms with Gasteiger partial charge in [-0.3, -0.25) is 9.71 Å². The minimum Gasteiger partial charge on any atom is -0.359 e. The minimum atomic E-state index is -4.49. The van der Waals surface area contributed by atoms with Crippen LogP contribution >= 0.6 is 12.2 Å². The van der Waals surface area contributed by atoms with Gasteiger partial charge in [0, 0.05) is 28.9 Å². The Labute approximate surface area is 132 Å². The summed E-state index contributed by atoms with van der Waals surface area (Å²) in [6.07, 6.45) is 0.0891. The Morgan fingerprint density at radius 3 is 2.50 bits per heavy atom. The van der Waals surface area contributed by atoms with Crippen LogP contribution in [-0.2, 0) is 15.9 Å². The van der Waals surface area contributed by atoms with E-state index in [1.807, 2.05) is 0 Å². The topological polar surface area (TPSA) is 54.0 Å². The zero-order valence-electron chi connectivity index (χ0n) is 12.0. The Kier molecular flexibility index (Phi) is 4.67. The number of thiocarbonyl (C=S) groups is 1. The Morgan fingerprint density at radius 1 is 1.41 bits per heavy atom. The van der Waals surface area contributed by atoms with Gasteiger partial charge in [0.05, 0.1) is 9.71 Å². The number of aromatic nitrogens is 1. The van der Waals surface area contributed by atoms with E-state index >= 15 is 0 Å². The molecule has 1 heterocycles. The molecule has 1 unspecified atom stereocenters. The quantitative estimate of drug-likeness (QED) is 0.647. The maximum atomic E-state index is 12.7. The summed E-state index contributed by atoms with van der Waals surface area (Å²) in [5, 5.41) is 3.30. The fourth-order valence-corrected chi connectivity index (χ4v) is 3.47. The number of alkyl halides is 3. The van der Waals surface area contributed by atoms with Crippen LogP contribution in [0.1, 0.15) is 31.0 Å². The maximum absolute atomic E-state index is 12.7. The molecule has 1 atom stereocenters. The molecule has 0 amide bonds. The van der Waals surface area contributed by atoms with Crippen molar-refractivity contribution in [3.8, 4) is 0 Å². The van der Waals surface area contributed by atoms with Crippen molar-refractivity contribution in [3.05, 3.63) is 29.6 Å². The highest BCUT2D eigenvalue weighted by Gasteiger charge is 2.32. The number of hydrogen-bond donors (Lipinski definition) is 2. The summed E-state index contributed by atoms with van der Waals surface area (Å²) >= 11 is 5.08. The SMILES string of the molecule is CC(c1ccc(C(F)(F)F)nc1)=S(C)(=O)NC(=S)NC1CC1. The van der Waals surface area contributed by atoms with Gasteiger partial charge in [-0.25, -0.2) is 4.21 Å². The lowest BCUT2D eigenvalue weighted by atomic mass is 10.2. The van der Waals surface area contributed by atoms with Crippen LogP contribution in [0, 0.1) is 0 Å². The monoisotopic (exact) mass is 351 g/mol. The highest BCUT2D eigenvalue weighted by molar-refractivity contribution is 8.01. The molecule has 1 fully saturated rings. The first kappa shape index (κ1) is 17.0. The van der Waals surface area contributed by atoms with E-state index < -0.39 is 21.6 Å². The summed E-state index contributed by atoms with van der Waals surface area (Å²) in [7, 11) is -2.69. The van der Waals surface area contributed by atoms with E-state index in [4.69, 9.17) is 12.2 Å². The van der Waals surface area contributed by atoms with Crippen molar-refractivity contribution in [2.45, 2.75) is 32.0 Å². The summed E-state index contributed by atoms with van der Waals surface area (Å²) in [4.78, 5) is 3.77. The number of pyridine rings is 1. The summed E-state index contributed by atoms with van der Waals surface area (Å²) in [5.41, 5.74) is -0.604. The molecule has 1 aromatic rings. The van der Waals surface area contributed by atoms with Gasteiger partial charge in [-0.05, 0) is 38.0 Å². The molecular formula is C13H16F3N3OS2. The van der Waals surface area contributed by atoms with E-state index in [0.29, 0.717) is 16.5 Å². The summed E-state index contributed by atoms with van der Waals surface area (Å²) in [5.74, 6) is 0. The van der Waals surface area contributed by atoms with Crippen LogP contribution in [0.3, 0.4) is 0 Å². The second-order valence-corrected chi connectivity index (χ2v) is 8.09. The number of rotatable bonds is 3. The van der Waals surface area contributed by atoms with Crippen molar-refractivity contribution in [2.75, 3.05) is 6.26 Å². The number of halogens is 3. The van der Waals surface area contributed by atoms with Gasteiger partial charge >= 0.3 is 6.18 Å². The highest BCUT2D eigenvalue weighted by Crippen LogP contribution is 2.27. The van der Waals surface area contributed by atoms with Gasteiger partial charge in [0.25, 0.3) is 0 Å². The van der Waals surface area contributed by atoms with Gasteiger partial charge in [-0.15, -0.1) is 0 Å². The predicted molar refractivity (Wildman–Crippen MR) is 85.0 cm³/mol. The number of nitrogens with one attached hydrogen (secondary N) is 2. The average molecular weight is 351 g/mol. The van der Waals surface area contributed by atoms with Crippen LogP contribution in [0.5, 0.6) is 0 Å². The van der Waals surface area contributed by atoms with Crippen LogP contribution in [0.25, 0.3) is 0 Å². The van der Waals surface area contributed by atoms with Gasteiger partial charge < -0.3 is 5.32 Å². The predicted octanol–water partition coefficient (Wildman–Crippen LogP) is 2.10. The number of hydrogen-bond acceptors (Lipinski definition) is 3. The van der Waals surface area contributed by atoms with Gasteiger partial charge in [-0.1, -0.05) is 6.07 Å². The average Bonchev–Trinajstić information content (AvgIpc) is 3.20. The largest absolute Gasteiger partial charge is 0.433 e. The maximum Gasteiger partial charge on any atom is 0.433 e. The minimum absolute atomic E-state index is 0.286. The second-order valence-electron chi connectivity index (χ2n) is 5.18. The first-order valence-corrected chi connectivity index (χ1v) is 8.92. The van der Waals surface area contributed by atoms with Crippen molar-refractivity contribution in [1.82, 2.24) is 15.0 Å². The Balaban J connectivity index is 2.21. The van der Waals surface area contributed by atoms with Crippen LogP contribution in [0.2, 0.25) is 0 Å². The summed E-state index contributed by atoms with van der Waals surface area (Å²) < 4.78 is 52.9. The smallest absolute Gasteiger partial charge is 0.359 e. The Morgan fingerprint density at radius 2 is 2.05 bits per heavy atom. The summed E-state index contributed by atoms with van der Waals surface area (Å²) in [6, 6.07) is 2.45. The molecule has 1 aliphatic carbocycles. The molecule has 2 rings (SSSR count). The first-order chi connectivity index (χ1) is 10.1. The molecular weight excluding hydrogens is 335 g/mol. The molecule has 1 aromatic heterocycles. The molecule has 0 radical (unpaired) electrons. The van der Waals surface area contributed by atoms with Crippen molar-refractivity contribution in [1.29, 1.82) is 0 Å². The lowest BCUT2D eigenvalue weighted by molar-refractivity contribution is -0.141. The second kappa shape index (κ2) is 6.04. The Bertz CT molecular complexity index is 687. The van der Waals surface area contributed by atoms with Crippen molar-refractivity contribution in [3.63, 3.8) is 0 Å². The first-order valence-electron chi connectivity index (χ1n) is 6.54. The zero-order valence-corrected chi connectivity index (χ0v) is 13.7. The fourth-order valence-electron chi connectivity index (χ4n) is 1.69. The van der Waals surface area contributed by atoms with E-state index in [2.05, 4.69) is 15.0 Å². The third-order valence-corrected chi connectivity index (χ3v) is 5.59. The van der Waals surface area contributed by atoms with E-state index in [9.17, 15) is 17.4 Å². The van der Waals surface area contributed by atoms with Gasteiger partial charge in [0.15, 0.2) is 5.11 Å². The van der Waals surface area contributed by atoms with Crippen molar-refractivity contribution < 1.29 is 17.4 Å². The lowest BCUT2D eigenvalue weighted by Gasteiger charge is -2.15. The van der Waals surface area contributed by atoms with E-state index in [1.54, 1.807) is 6.92 Å². The third kappa shape index (κ3) is 4.33. The highest BCUT2D eigenvalue weighted by atomic mass is 32.2. The van der Waals surface area contributed by atoms with Gasteiger partial charge in [0.2, 0.25) is 0 Å². The molecule has 0 saturated heterocycles.